The third-order valence-corrected chi connectivity index (χ3v) is 4.76. The SMILES string of the molecule is CCOc1cccc2sc(N3CCCCC3C(=O)O)nc12. The summed E-state index contributed by atoms with van der Waals surface area (Å²) in [5.41, 5.74) is 0.828. The Morgan fingerprint density at radius 1 is 1.52 bits per heavy atom. The minimum absolute atomic E-state index is 0.463. The van der Waals surface area contributed by atoms with Crippen LogP contribution in [0.3, 0.4) is 0 Å². The molecule has 0 amide bonds. The van der Waals surface area contributed by atoms with Crippen LogP contribution in [0.15, 0.2) is 18.2 Å². The number of carboxylic acids is 1. The predicted octanol–water partition coefficient (Wildman–Crippen LogP) is 3.14. The molecule has 0 radical (unpaired) electrons. The number of thiazole rings is 1. The topological polar surface area (TPSA) is 62.7 Å². The summed E-state index contributed by atoms with van der Waals surface area (Å²) in [7, 11) is 0. The number of benzene rings is 1. The van der Waals surface area contributed by atoms with Crippen molar-refractivity contribution in [2.45, 2.75) is 32.2 Å². The van der Waals surface area contributed by atoms with Crippen molar-refractivity contribution in [3.05, 3.63) is 18.2 Å². The molecule has 0 spiro atoms. The van der Waals surface area contributed by atoms with Crippen LogP contribution in [0.25, 0.3) is 10.2 Å². The van der Waals surface area contributed by atoms with Gasteiger partial charge in [-0.3, -0.25) is 0 Å². The predicted molar refractivity (Wildman–Crippen MR) is 83.4 cm³/mol. The van der Waals surface area contributed by atoms with Crippen molar-refractivity contribution < 1.29 is 14.6 Å². The van der Waals surface area contributed by atoms with Gasteiger partial charge >= 0.3 is 5.97 Å². The highest BCUT2D eigenvalue weighted by molar-refractivity contribution is 7.22. The third kappa shape index (κ3) is 2.68. The molecule has 2 aromatic rings. The van der Waals surface area contributed by atoms with Crippen LogP contribution in [0, 0.1) is 0 Å². The summed E-state index contributed by atoms with van der Waals surface area (Å²) in [5, 5.41) is 10.2. The number of hydrogen-bond acceptors (Lipinski definition) is 5. The zero-order chi connectivity index (χ0) is 14.8. The number of carboxylic acid groups (broad SMARTS) is 1. The first-order chi connectivity index (χ1) is 10.2. The normalized spacial score (nSPS) is 18.9. The second kappa shape index (κ2) is 5.89. The summed E-state index contributed by atoms with van der Waals surface area (Å²) in [4.78, 5) is 18.0. The van der Waals surface area contributed by atoms with E-state index in [1.807, 2.05) is 30.0 Å². The monoisotopic (exact) mass is 306 g/mol. The molecule has 5 nitrogen and oxygen atoms in total. The number of ether oxygens (including phenoxy) is 1. The van der Waals surface area contributed by atoms with Gasteiger partial charge in [0.1, 0.15) is 17.3 Å². The average Bonchev–Trinajstić information content (AvgIpc) is 2.92. The van der Waals surface area contributed by atoms with Gasteiger partial charge in [-0.2, -0.15) is 0 Å². The quantitative estimate of drug-likeness (QED) is 0.940. The number of anilines is 1. The van der Waals surface area contributed by atoms with E-state index >= 15 is 0 Å². The minimum atomic E-state index is -0.765. The van der Waals surface area contributed by atoms with Crippen LogP contribution in [0.4, 0.5) is 5.13 Å². The van der Waals surface area contributed by atoms with Crippen LogP contribution >= 0.6 is 11.3 Å². The van der Waals surface area contributed by atoms with Crippen molar-refractivity contribution in [2.24, 2.45) is 0 Å². The van der Waals surface area contributed by atoms with E-state index in [0.29, 0.717) is 13.0 Å². The van der Waals surface area contributed by atoms with E-state index in [9.17, 15) is 9.90 Å². The lowest BCUT2D eigenvalue weighted by Gasteiger charge is -2.32. The Bertz CT molecular complexity index is 655. The Kier molecular flexibility index (Phi) is 3.96. The van der Waals surface area contributed by atoms with Gasteiger partial charge in [-0.1, -0.05) is 17.4 Å². The van der Waals surface area contributed by atoms with Crippen molar-refractivity contribution >= 4 is 32.7 Å². The molecule has 112 valence electrons. The molecule has 6 heteroatoms. The lowest BCUT2D eigenvalue weighted by molar-refractivity contribution is -0.139. The van der Waals surface area contributed by atoms with E-state index in [4.69, 9.17) is 4.74 Å². The van der Waals surface area contributed by atoms with Gasteiger partial charge in [0, 0.05) is 6.54 Å². The van der Waals surface area contributed by atoms with Crippen molar-refractivity contribution in [3.63, 3.8) is 0 Å². The molecule has 1 atom stereocenters. The van der Waals surface area contributed by atoms with Crippen LogP contribution in [-0.4, -0.2) is 35.3 Å². The Morgan fingerprint density at radius 2 is 2.38 bits per heavy atom. The van der Waals surface area contributed by atoms with Crippen LogP contribution in [-0.2, 0) is 4.79 Å². The van der Waals surface area contributed by atoms with Crippen molar-refractivity contribution in [1.29, 1.82) is 0 Å². The first kappa shape index (κ1) is 14.1. The van der Waals surface area contributed by atoms with Crippen molar-refractivity contribution in [3.8, 4) is 5.75 Å². The number of rotatable bonds is 4. The Hall–Kier alpha value is -1.82. The lowest BCUT2D eigenvalue weighted by atomic mass is 10.0. The number of hydrogen-bond donors (Lipinski definition) is 1. The number of nitrogens with zero attached hydrogens (tertiary/aromatic N) is 2. The maximum absolute atomic E-state index is 11.4. The Balaban J connectivity index is 1.99. The molecule has 1 aliphatic rings. The molecule has 0 aliphatic carbocycles. The summed E-state index contributed by atoms with van der Waals surface area (Å²) >= 11 is 1.54. The van der Waals surface area contributed by atoms with E-state index in [1.165, 1.54) is 11.3 Å². The summed E-state index contributed by atoms with van der Waals surface area (Å²) in [6.07, 6.45) is 2.66. The molecule has 1 aromatic heterocycles. The van der Waals surface area contributed by atoms with Crippen LogP contribution in [0.5, 0.6) is 5.75 Å². The molecule has 0 saturated carbocycles. The first-order valence-corrected chi connectivity index (χ1v) is 8.04. The van der Waals surface area contributed by atoms with Crippen molar-refractivity contribution in [1.82, 2.24) is 4.98 Å². The summed E-state index contributed by atoms with van der Waals surface area (Å²) in [5.74, 6) is 0.000345. The van der Waals surface area contributed by atoms with E-state index in [-0.39, 0.29) is 0 Å². The highest BCUT2D eigenvalue weighted by Crippen LogP contribution is 2.36. The van der Waals surface area contributed by atoms with Gasteiger partial charge in [-0.15, -0.1) is 0 Å². The Labute approximate surface area is 127 Å². The van der Waals surface area contributed by atoms with E-state index < -0.39 is 12.0 Å². The maximum atomic E-state index is 11.4. The zero-order valence-corrected chi connectivity index (χ0v) is 12.7. The number of aromatic nitrogens is 1. The number of aliphatic carboxylic acids is 1. The van der Waals surface area contributed by atoms with Gasteiger partial charge in [0.15, 0.2) is 5.13 Å². The van der Waals surface area contributed by atoms with E-state index in [0.717, 1.165) is 40.5 Å². The van der Waals surface area contributed by atoms with Crippen molar-refractivity contribution in [2.75, 3.05) is 18.1 Å². The van der Waals surface area contributed by atoms with Crippen LogP contribution in [0.1, 0.15) is 26.2 Å². The fourth-order valence-electron chi connectivity index (χ4n) is 2.72. The van der Waals surface area contributed by atoms with Crippen LogP contribution < -0.4 is 9.64 Å². The molecule has 2 heterocycles. The average molecular weight is 306 g/mol. The van der Waals surface area contributed by atoms with Gasteiger partial charge in [0.25, 0.3) is 0 Å². The smallest absolute Gasteiger partial charge is 0.326 e. The second-order valence-corrected chi connectivity index (χ2v) is 6.08. The highest BCUT2D eigenvalue weighted by Gasteiger charge is 2.30. The fraction of sp³-hybridized carbons (Fsp3) is 0.467. The van der Waals surface area contributed by atoms with Gasteiger partial charge in [0.05, 0.1) is 11.3 Å². The van der Waals surface area contributed by atoms with Gasteiger partial charge < -0.3 is 14.7 Å². The van der Waals surface area contributed by atoms with E-state index in [1.54, 1.807) is 0 Å². The molecule has 21 heavy (non-hydrogen) atoms. The number of fused-ring (bicyclic) bond motifs is 1. The number of para-hydroxylation sites is 1. The summed E-state index contributed by atoms with van der Waals surface area (Å²) in [6.45, 7) is 3.28. The van der Waals surface area contributed by atoms with Gasteiger partial charge in [-0.05, 0) is 38.3 Å². The molecule has 1 aliphatic heterocycles. The Morgan fingerprint density at radius 3 is 3.14 bits per heavy atom. The maximum Gasteiger partial charge on any atom is 0.326 e. The molecular weight excluding hydrogens is 288 g/mol. The number of piperidine rings is 1. The third-order valence-electron chi connectivity index (χ3n) is 3.70. The minimum Gasteiger partial charge on any atom is -0.492 e. The molecule has 1 aromatic carbocycles. The largest absolute Gasteiger partial charge is 0.492 e. The lowest BCUT2D eigenvalue weighted by Crippen LogP contribution is -2.44. The molecule has 1 fully saturated rings. The molecule has 3 rings (SSSR count). The molecular formula is C15H18N2O3S. The highest BCUT2D eigenvalue weighted by atomic mass is 32.1. The van der Waals surface area contributed by atoms with Gasteiger partial charge in [0.2, 0.25) is 0 Å². The summed E-state index contributed by atoms with van der Waals surface area (Å²) < 4.78 is 6.64. The molecule has 1 N–H and O–H groups in total. The van der Waals surface area contributed by atoms with Gasteiger partial charge in [-0.25, -0.2) is 9.78 Å². The van der Waals surface area contributed by atoms with E-state index in [2.05, 4.69) is 4.98 Å². The molecule has 1 saturated heterocycles. The standard InChI is InChI=1S/C15H18N2O3S/c1-2-20-11-7-5-8-12-13(11)16-15(21-12)17-9-4-3-6-10(17)14(18)19/h5,7-8,10H,2-4,6,9H2,1H3,(H,18,19). The molecule has 1 unspecified atom stereocenters. The second-order valence-electron chi connectivity index (χ2n) is 5.08. The first-order valence-electron chi connectivity index (χ1n) is 7.22. The zero-order valence-electron chi connectivity index (χ0n) is 11.9. The number of carbonyl (C=O) groups is 1. The van der Waals surface area contributed by atoms with Crippen LogP contribution in [0.2, 0.25) is 0 Å². The fourth-order valence-corrected chi connectivity index (χ4v) is 3.78. The summed E-state index contributed by atoms with van der Waals surface area (Å²) in [6, 6.07) is 5.38. The molecule has 0 bridgehead atoms.